The summed E-state index contributed by atoms with van der Waals surface area (Å²) in [5.74, 6) is -3.47. The first-order valence-electron chi connectivity index (χ1n) is 5.78. The fourth-order valence-corrected chi connectivity index (χ4v) is 1.42. The highest BCUT2D eigenvalue weighted by Gasteiger charge is 2.27. The number of carboxylic acid groups (broad SMARTS) is 2. The summed E-state index contributed by atoms with van der Waals surface area (Å²) in [4.78, 5) is 33.1. The van der Waals surface area contributed by atoms with E-state index in [1.807, 2.05) is 21.1 Å². The van der Waals surface area contributed by atoms with E-state index in [9.17, 15) is 14.4 Å². The number of carboxylic acids is 2. The molecule has 0 aliphatic rings. The molecule has 0 fully saturated rings. The van der Waals surface area contributed by atoms with Gasteiger partial charge in [0.15, 0.2) is 6.10 Å². The Balaban J connectivity index is 4.85. The van der Waals surface area contributed by atoms with E-state index in [1.165, 1.54) is 0 Å². The van der Waals surface area contributed by atoms with Crippen LogP contribution in [-0.2, 0) is 19.1 Å². The van der Waals surface area contributed by atoms with Crippen molar-refractivity contribution in [3.63, 3.8) is 0 Å². The van der Waals surface area contributed by atoms with Crippen LogP contribution in [0.2, 0.25) is 0 Å². The monoisotopic (exact) mass is 286 g/mol. The minimum atomic E-state index is -1.38. The van der Waals surface area contributed by atoms with Crippen LogP contribution >= 0.6 is 0 Å². The number of nitrogens with zero attached hydrogens (tertiary/aromatic N) is 1. The van der Waals surface area contributed by atoms with Crippen LogP contribution in [0.25, 0.3) is 0 Å². The van der Waals surface area contributed by atoms with E-state index < -0.39 is 35.2 Å². The molecule has 0 saturated heterocycles. The first-order chi connectivity index (χ1) is 8.94. The average molecular weight is 286 g/mol. The highest BCUT2D eigenvalue weighted by Crippen LogP contribution is 2.12. The molecule has 0 aromatic rings. The van der Waals surface area contributed by atoms with Gasteiger partial charge in [-0.25, -0.2) is 9.59 Å². The summed E-state index contributed by atoms with van der Waals surface area (Å²) in [5.41, 5.74) is -0.872. The van der Waals surface area contributed by atoms with Crippen LogP contribution in [0, 0.1) is 0 Å². The van der Waals surface area contributed by atoms with Gasteiger partial charge in [0, 0.05) is 0 Å². The van der Waals surface area contributed by atoms with E-state index in [0.717, 1.165) is 0 Å². The van der Waals surface area contributed by atoms with Crippen LogP contribution in [0.3, 0.4) is 0 Å². The standard InChI is InChI=1S/C13H19NO6/c1-8(12(17)18)9(2)13(19)20-10(6-11(15)16)7-14(3,4)5/h10H,1-2,6-7H2,3-5H3,(H-,15,16,17,18)/p+1. The van der Waals surface area contributed by atoms with E-state index in [-0.39, 0.29) is 13.0 Å². The predicted molar refractivity (Wildman–Crippen MR) is 70.9 cm³/mol. The molecule has 20 heavy (non-hydrogen) atoms. The van der Waals surface area contributed by atoms with Crippen molar-refractivity contribution >= 4 is 17.9 Å². The molecule has 0 aliphatic carbocycles. The second-order valence-electron chi connectivity index (χ2n) is 5.36. The molecule has 7 heteroatoms. The van der Waals surface area contributed by atoms with Crippen LogP contribution in [0.15, 0.2) is 24.3 Å². The lowest BCUT2D eigenvalue weighted by molar-refractivity contribution is -0.873. The molecule has 1 atom stereocenters. The van der Waals surface area contributed by atoms with Crippen molar-refractivity contribution in [3.05, 3.63) is 24.3 Å². The molecule has 0 rings (SSSR count). The Hall–Kier alpha value is -2.15. The molecule has 0 bridgehead atoms. The normalized spacial score (nSPS) is 12.3. The van der Waals surface area contributed by atoms with E-state index >= 15 is 0 Å². The molecule has 0 aromatic carbocycles. The molecule has 2 N–H and O–H groups in total. The Kier molecular flexibility index (Phi) is 6.12. The Morgan fingerprint density at radius 3 is 1.95 bits per heavy atom. The van der Waals surface area contributed by atoms with Gasteiger partial charge in [0.2, 0.25) is 0 Å². The largest absolute Gasteiger partial charge is 0.481 e. The minimum absolute atomic E-state index is 0.269. The maximum atomic E-state index is 11.7. The number of quaternary nitrogens is 1. The van der Waals surface area contributed by atoms with Crippen molar-refractivity contribution in [3.8, 4) is 0 Å². The Bertz CT molecular complexity index is 446. The van der Waals surface area contributed by atoms with Gasteiger partial charge in [-0.1, -0.05) is 13.2 Å². The molecule has 0 amide bonds. The van der Waals surface area contributed by atoms with Gasteiger partial charge in [0.05, 0.1) is 38.7 Å². The summed E-state index contributed by atoms with van der Waals surface area (Å²) < 4.78 is 5.40. The number of carbonyl (C=O) groups is 3. The SMILES string of the molecule is C=C(C(=C)C(=O)OC(CC(=O)O)C[N+](C)(C)C)C(=O)O. The number of likely N-dealkylation sites (N-methyl/N-ethyl adjacent to an activating group) is 1. The van der Waals surface area contributed by atoms with Crippen LogP contribution in [-0.4, -0.2) is 66.4 Å². The van der Waals surface area contributed by atoms with Gasteiger partial charge in [-0.05, 0) is 0 Å². The fourth-order valence-electron chi connectivity index (χ4n) is 1.42. The molecule has 0 heterocycles. The number of rotatable bonds is 8. The molecule has 0 saturated carbocycles. The van der Waals surface area contributed by atoms with E-state index in [1.54, 1.807) is 0 Å². The summed E-state index contributed by atoms with van der Waals surface area (Å²) >= 11 is 0. The second kappa shape index (κ2) is 6.85. The average Bonchev–Trinajstić information content (AvgIpc) is 2.23. The van der Waals surface area contributed by atoms with Crippen molar-refractivity contribution in [2.75, 3.05) is 27.7 Å². The van der Waals surface area contributed by atoms with Crippen molar-refractivity contribution in [2.24, 2.45) is 0 Å². The lowest BCUT2D eigenvalue weighted by atomic mass is 10.1. The summed E-state index contributed by atoms with van der Waals surface area (Å²) in [6.07, 6.45) is -1.24. The Labute approximate surface area is 117 Å². The van der Waals surface area contributed by atoms with Crippen LogP contribution in [0.4, 0.5) is 0 Å². The molecule has 0 spiro atoms. The van der Waals surface area contributed by atoms with Crippen molar-refractivity contribution in [1.29, 1.82) is 0 Å². The van der Waals surface area contributed by atoms with Gasteiger partial charge in [0.1, 0.15) is 6.54 Å². The third kappa shape index (κ3) is 6.69. The van der Waals surface area contributed by atoms with Crippen LogP contribution in [0.5, 0.6) is 0 Å². The lowest BCUT2D eigenvalue weighted by Gasteiger charge is -2.28. The number of hydrogen-bond donors (Lipinski definition) is 2. The van der Waals surface area contributed by atoms with Crippen LogP contribution in [0.1, 0.15) is 6.42 Å². The number of ether oxygens (including phenoxy) is 1. The van der Waals surface area contributed by atoms with Gasteiger partial charge in [-0.2, -0.15) is 0 Å². The first-order valence-corrected chi connectivity index (χ1v) is 5.78. The van der Waals surface area contributed by atoms with Gasteiger partial charge >= 0.3 is 17.9 Å². The topological polar surface area (TPSA) is 101 Å². The third-order valence-electron chi connectivity index (χ3n) is 2.30. The molecule has 0 aromatic heterocycles. The molecular weight excluding hydrogens is 266 g/mol. The third-order valence-corrected chi connectivity index (χ3v) is 2.30. The maximum absolute atomic E-state index is 11.7. The molecule has 0 aliphatic heterocycles. The number of hydrogen-bond acceptors (Lipinski definition) is 4. The summed E-state index contributed by atoms with van der Waals surface area (Å²) in [6.45, 7) is 6.76. The van der Waals surface area contributed by atoms with Gasteiger partial charge in [-0.3, -0.25) is 4.79 Å². The molecule has 112 valence electrons. The molecule has 1 unspecified atom stereocenters. The summed E-state index contributed by atoms with van der Waals surface area (Å²) in [7, 11) is 5.44. The summed E-state index contributed by atoms with van der Waals surface area (Å²) in [6, 6.07) is 0. The highest BCUT2D eigenvalue weighted by molar-refractivity contribution is 6.05. The number of aliphatic carboxylic acids is 2. The molecular formula is C13H20NO6+. The quantitative estimate of drug-likeness (QED) is 0.287. The summed E-state index contributed by atoms with van der Waals surface area (Å²) in [5, 5.41) is 17.5. The van der Waals surface area contributed by atoms with Crippen LogP contribution < -0.4 is 0 Å². The maximum Gasteiger partial charge on any atom is 0.338 e. The van der Waals surface area contributed by atoms with Crippen molar-refractivity contribution < 1.29 is 33.8 Å². The number of esters is 1. The fraction of sp³-hybridized carbons (Fsp3) is 0.462. The zero-order valence-electron chi connectivity index (χ0n) is 11.9. The zero-order chi connectivity index (χ0) is 16.1. The smallest absolute Gasteiger partial charge is 0.338 e. The first kappa shape index (κ1) is 17.8. The van der Waals surface area contributed by atoms with Gasteiger partial charge < -0.3 is 19.4 Å². The minimum Gasteiger partial charge on any atom is -0.481 e. The van der Waals surface area contributed by atoms with E-state index in [0.29, 0.717) is 4.48 Å². The Morgan fingerprint density at radius 1 is 1.10 bits per heavy atom. The van der Waals surface area contributed by atoms with Crippen molar-refractivity contribution in [2.45, 2.75) is 12.5 Å². The number of carbonyl (C=O) groups excluding carboxylic acids is 1. The van der Waals surface area contributed by atoms with Crippen molar-refractivity contribution in [1.82, 2.24) is 0 Å². The zero-order valence-corrected chi connectivity index (χ0v) is 11.9. The van der Waals surface area contributed by atoms with E-state index in [4.69, 9.17) is 14.9 Å². The van der Waals surface area contributed by atoms with Gasteiger partial charge in [-0.15, -0.1) is 0 Å². The predicted octanol–water partition coefficient (Wildman–Crippen LogP) is 0.276. The van der Waals surface area contributed by atoms with Gasteiger partial charge in [0.25, 0.3) is 0 Å². The highest BCUT2D eigenvalue weighted by atomic mass is 16.5. The van der Waals surface area contributed by atoms with E-state index in [2.05, 4.69) is 13.2 Å². The Morgan fingerprint density at radius 2 is 1.60 bits per heavy atom. The molecule has 0 radical (unpaired) electrons. The second-order valence-corrected chi connectivity index (χ2v) is 5.36. The molecule has 7 nitrogen and oxygen atoms in total. The lowest BCUT2D eigenvalue weighted by Crippen LogP contribution is -2.44.